The van der Waals surface area contributed by atoms with Gasteiger partial charge in [-0.3, -0.25) is 9.52 Å². The van der Waals surface area contributed by atoms with Gasteiger partial charge in [0.1, 0.15) is 11.5 Å². The second-order valence-corrected chi connectivity index (χ2v) is 8.42. The average Bonchev–Trinajstić information content (AvgIpc) is 3.05. The summed E-state index contributed by atoms with van der Waals surface area (Å²) in [6, 6.07) is 3.23. The summed E-state index contributed by atoms with van der Waals surface area (Å²) in [6.45, 7) is 1.81. The van der Waals surface area contributed by atoms with Crippen LogP contribution >= 0.6 is 11.6 Å². The molecular weight excluding hydrogens is 412 g/mol. The lowest BCUT2D eigenvalue weighted by Gasteiger charge is -2.11. The van der Waals surface area contributed by atoms with Crippen molar-refractivity contribution in [2.24, 2.45) is 0 Å². The molecule has 1 aromatic carbocycles. The number of ketones is 1. The zero-order chi connectivity index (χ0) is 20.5. The van der Waals surface area contributed by atoms with E-state index in [0.29, 0.717) is 23.9 Å². The maximum atomic E-state index is 14.9. The first kappa shape index (κ1) is 20.2. The van der Waals surface area contributed by atoms with Crippen molar-refractivity contribution in [3.8, 4) is 0 Å². The van der Waals surface area contributed by atoms with Crippen molar-refractivity contribution in [3.05, 3.63) is 58.4 Å². The second kappa shape index (κ2) is 7.84. The molecule has 0 radical (unpaired) electrons. The molecule has 3 rings (SSSR count). The molecule has 0 saturated carbocycles. The summed E-state index contributed by atoms with van der Waals surface area (Å²) in [7, 11) is -3.83. The Hall–Kier alpha value is -2.52. The Bertz CT molecular complexity index is 1160. The van der Waals surface area contributed by atoms with Gasteiger partial charge in [-0.25, -0.2) is 22.2 Å². The molecule has 2 N–H and O–H groups in total. The van der Waals surface area contributed by atoms with Gasteiger partial charge in [0.2, 0.25) is 15.8 Å². The van der Waals surface area contributed by atoms with Crippen LogP contribution in [0.5, 0.6) is 0 Å². The maximum Gasteiger partial charge on any atom is 0.232 e. The van der Waals surface area contributed by atoms with E-state index in [2.05, 4.69) is 14.7 Å². The Morgan fingerprint density at radius 3 is 2.79 bits per heavy atom. The number of benzene rings is 1. The summed E-state index contributed by atoms with van der Waals surface area (Å²) in [5.41, 5.74) is -1.06. The van der Waals surface area contributed by atoms with Gasteiger partial charge in [0.25, 0.3) is 0 Å². The number of hydrogen-bond acceptors (Lipinski definition) is 4. The fraction of sp³-hybridized carbons (Fsp3) is 0.222. The molecule has 2 heterocycles. The zero-order valence-electron chi connectivity index (χ0n) is 14.7. The van der Waals surface area contributed by atoms with Gasteiger partial charge in [0.05, 0.1) is 22.0 Å². The first-order chi connectivity index (χ1) is 13.2. The van der Waals surface area contributed by atoms with Crippen LogP contribution in [0.25, 0.3) is 11.0 Å². The molecule has 0 atom stereocenters. The summed E-state index contributed by atoms with van der Waals surface area (Å²) in [4.78, 5) is 19.5. The van der Waals surface area contributed by atoms with Gasteiger partial charge in [0, 0.05) is 23.3 Å². The number of pyridine rings is 1. The molecular formula is C18H16ClF2N3O3S. The van der Waals surface area contributed by atoms with Gasteiger partial charge < -0.3 is 4.98 Å². The largest absolute Gasteiger partial charge is 0.345 e. The Morgan fingerprint density at radius 2 is 2.07 bits per heavy atom. The summed E-state index contributed by atoms with van der Waals surface area (Å²) >= 11 is 5.89. The van der Waals surface area contributed by atoms with Crippen molar-refractivity contribution >= 4 is 44.1 Å². The standard InChI is InChI=1S/C18H16ClF2N3O3S/c1-2-3-6-28(26,27)24-14-5-4-13(20)15(16(14)21)17(25)12-9-23-18-11(12)7-10(19)8-22-18/h4-5,7-9,24H,2-3,6H2,1H3,(H,22,23). The predicted octanol–water partition coefficient (Wildman–Crippen LogP) is 4.27. The number of halogens is 3. The Morgan fingerprint density at radius 1 is 1.32 bits per heavy atom. The van der Waals surface area contributed by atoms with Crippen LogP contribution in [0.1, 0.15) is 35.7 Å². The Kier molecular flexibility index (Phi) is 5.66. The van der Waals surface area contributed by atoms with Crippen LogP contribution in [0.3, 0.4) is 0 Å². The van der Waals surface area contributed by atoms with Gasteiger partial charge >= 0.3 is 0 Å². The molecule has 0 aliphatic rings. The lowest BCUT2D eigenvalue weighted by Crippen LogP contribution is -2.19. The van der Waals surface area contributed by atoms with Crippen molar-refractivity contribution < 1.29 is 22.0 Å². The smallest absolute Gasteiger partial charge is 0.232 e. The third-order valence-electron chi connectivity index (χ3n) is 4.09. The first-order valence-corrected chi connectivity index (χ1v) is 10.4. The minimum Gasteiger partial charge on any atom is -0.345 e. The average molecular weight is 428 g/mol. The molecule has 0 spiro atoms. The van der Waals surface area contributed by atoms with Gasteiger partial charge in [0.15, 0.2) is 5.82 Å². The second-order valence-electron chi connectivity index (χ2n) is 6.14. The number of nitrogens with one attached hydrogen (secondary N) is 2. The van der Waals surface area contributed by atoms with E-state index >= 15 is 0 Å². The molecule has 0 aliphatic heterocycles. The van der Waals surface area contributed by atoms with E-state index in [0.717, 1.165) is 12.1 Å². The predicted molar refractivity (Wildman–Crippen MR) is 103 cm³/mol. The number of unbranched alkanes of at least 4 members (excludes halogenated alkanes) is 1. The molecule has 0 bridgehead atoms. The van der Waals surface area contributed by atoms with Gasteiger partial charge in [-0.2, -0.15) is 0 Å². The van der Waals surface area contributed by atoms with E-state index in [1.165, 1.54) is 18.5 Å². The normalized spacial score (nSPS) is 11.7. The number of aromatic nitrogens is 2. The number of anilines is 1. The molecule has 2 aromatic heterocycles. The highest BCUT2D eigenvalue weighted by atomic mass is 35.5. The van der Waals surface area contributed by atoms with Crippen LogP contribution in [0, 0.1) is 11.6 Å². The topological polar surface area (TPSA) is 91.9 Å². The quantitative estimate of drug-likeness (QED) is 0.551. The molecule has 6 nitrogen and oxygen atoms in total. The van der Waals surface area contributed by atoms with Crippen LogP contribution in [0.15, 0.2) is 30.6 Å². The maximum absolute atomic E-state index is 14.9. The van der Waals surface area contributed by atoms with Crippen LogP contribution in [-0.4, -0.2) is 29.9 Å². The molecule has 0 aliphatic carbocycles. The van der Waals surface area contributed by atoms with Crippen molar-refractivity contribution in [2.75, 3.05) is 10.5 Å². The number of sulfonamides is 1. The lowest BCUT2D eigenvalue weighted by molar-refractivity contribution is 0.103. The fourth-order valence-corrected chi connectivity index (χ4v) is 4.11. The van der Waals surface area contributed by atoms with Crippen LogP contribution in [0.4, 0.5) is 14.5 Å². The van der Waals surface area contributed by atoms with Crippen LogP contribution in [0.2, 0.25) is 5.02 Å². The molecule has 0 unspecified atom stereocenters. The highest BCUT2D eigenvalue weighted by Crippen LogP contribution is 2.28. The molecule has 0 fully saturated rings. The van der Waals surface area contributed by atoms with Crippen LogP contribution < -0.4 is 4.72 Å². The summed E-state index contributed by atoms with van der Waals surface area (Å²) in [6.07, 6.45) is 3.65. The minimum atomic E-state index is -3.83. The number of hydrogen-bond donors (Lipinski definition) is 2. The molecule has 0 amide bonds. The highest BCUT2D eigenvalue weighted by Gasteiger charge is 2.25. The molecule has 28 heavy (non-hydrogen) atoms. The van der Waals surface area contributed by atoms with Crippen molar-refractivity contribution in [3.63, 3.8) is 0 Å². The number of rotatable bonds is 7. The SMILES string of the molecule is CCCCS(=O)(=O)Nc1ccc(F)c(C(=O)c2c[nH]c3ncc(Cl)cc23)c1F. The lowest BCUT2D eigenvalue weighted by atomic mass is 10.0. The Balaban J connectivity index is 2.04. The van der Waals surface area contributed by atoms with Crippen molar-refractivity contribution in [1.82, 2.24) is 9.97 Å². The van der Waals surface area contributed by atoms with E-state index in [-0.39, 0.29) is 16.3 Å². The van der Waals surface area contributed by atoms with Gasteiger partial charge in [-0.05, 0) is 24.6 Å². The van der Waals surface area contributed by atoms with Crippen molar-refractivity contribution in [1.29, 1.82) is 0 Å². The fourth-order valence-electron chi connectivity index (χ4n) is 2.69. The number of nitrogens with zero attached hydrogens (tertiary/aromatic N) is 1. The van der Waals surface area contributed by atoms with E-state index < -0.39 is 38.7 Å². The highest BCUT2D eigenvalue weighted by molar-refractivity contribution is 7.92. The van der Waals surface area contributed by atoms with E-state index in [9.17, 15) is 22.0 Å². The monoisotopic (exact) mass is 427 g/mol. The summed E-state index contributed by atoms with van der Waals surface area (Å²) < 4.78 is 55.3. The number of H-pyrrole nitrogens is 1. The van der Waals surface area contributed by atoms with Gasteiger partial charge in [-0.15, -0.1) is 0 Å². The minimum absolute atomic E-state index is 0.0335. The summed E-state index contributed by atoms with van der Waals surface area (Å²) in [5.74, 6) is -3.56. The van der Waals surface area contributed by atoms with E-state index in [1.54, 1.807) is 0 Å². The number of carbonyl (C=O) groups is 1. The molecule has 148 valence electrons. The Labute approximate surface area is 165 Å². The number of aromatic amines is 1. The van der Waals surface area contributed by atoms with Crippen LogP contribution in [-0.2, 0) is 10.0 Å². The third kappa shape index (κ3) is 4.00. The van der Waals surface area contributed by atoms with E-state index in [4.69, 9.17) is 11.6 Å². The molecule has 0 saturated heterocycles. The van der Waals surface area contributed by atoms with Crippen molar-refractivity contribution in [2.45, 2.75) is 19.8 Å². The molecule has 3 aromatic rings. The number of carbonyl (C=O) groups excluding carboxylic acids is 1. The number of fused-ring (bicyclic) bond motifs is 1. The molecule has 10 heteroatoms. The zero-order valence-corrected chi connectivity index (χ0v) is 16.3. The summed E-state index contributed by atoms with van der Waals surface area (Å²) in [5, 5.41) is 0.546. The van der Waals surface area contributed by atoms with E-state index in [1.807, 2.05) is 6.92 Å². The first-order valence-electron chi connectivity index (χ1n) is 8.39. The third-order valence-corrected chi connectivity index (χ3v) is 5.66. The van der Waals surface area contributed by atoms with Gasteiger partial charge in [-0.1, -0.05) is 24.9 Å².